The minimum Gasteiger partial charge on any atom is -0.454 e. The molecule has 172 valence electrons. The van der Waals surface area contributed by atoms with Crippen molar-refractivity contribution in [1.82, 2.24) is 15.8 Å². The molecule has 0 unspecified atom stereocenters. The number of hydrogen-bond donors (Lipinski definition) is 2. The summed E-state index contributed by atoms with van der Waals surface area (Å²) in [5, 5.41) is 0.457. The fourth-order valence-corrected chi connectivity index (χ4v) is 3.44. The van der Waals surface area contributed by atoms with Gasteiger partial charge in [-0.05, 0) is 42.8 Å². The average molecular weight is 472 g/mol. The Morgan fingerprint density at radius 1 is 0.970 bits per heavy atom. The average Bonchev–Trinajstić information content (AvgIpc) is 3.07. The number of rotatable bonds is 8. The first-order chi connectivity index (χ1) is 15.8. The zero-order chi connectivity index (χ0) is 24.0. The summed E-state index contributed by atoms with van der Waals surface area (Å²) >= 11 is 5.77. The van der Waals surface area contributed by atoms with Crippen LogP contribution in [0.4, 0.5) is 0 Å². The number of amides is 4. The lowest BCUT2D eigenvalue weighted by molar-refractivity contribution is -0.152. The molecule has 1 aliphatic heterocycles. The van der Waals surface area contributed by atoms with Gasteiger partial charge in [-0.25, -0.2) is 4.79 Å². The molecule has 0 saturated carbocycles. The third-order valence-electron chi connectivity index (χ3n) is 5.01. The van der Waals surface area contributed by atoms with E-state index in [0.29, 0.717) is 11.4 Å². The molecular formula is C23H22ClN3O6. The molecule has 0 saturated heterocycles. The summed E-state index contributed by atoms with van der Waals surface area (Å²) in [5.41, 5.74) is 5.04. The number of imide groups is 1. The van der Waals surface area contributed by atoms with E-state index in [0.717, 1.165) is 11.3 Å². The Morgan fingerprint density at radius 3 is 2.15 bits per heavy atom. The summed E-state index contributed by atoms with van der Waals surface area (Å²) in [4.78, 5) is 63.2. The van der Waals surface area contributed by atoms with Gasteiger partial charge in [0.2, 0.25) is 0 Å². The highest BCUT2D eigenvalue weighted by Crippen LogP contribution is 2.26. The molecule has 3 rings (SSSR count). The Balaban J connectivity index is 1.58. The van der Waals surface area contributed by atoms with Crippen molar-refractivity contribution in [3.05, 3.63) is 70.2 Å². The first kappa shape index (κ1) is 23.9. The van der Waals surface area contributed by atoms with E-state index in [1.807, 2.05) is 6.92 Å². The molecular weight excluding hydrogens is 450 g/mol. The number of ether oxygens (including phenoxy) is 1. The van der Waals surface area contributed by atoms with Gasteiger partial charge in [0.1, 0.15) is 6.04 Å². The minimum absolute atomic E-state index is 0.204. The lowest BCUT2D eigenvalue weighted by Gasteiger charge is -2.24. The van der Waals surface area contributed by atoms with E-state index >= 15 is 0 Å². The van der Waals surface area contributed by atoms with Gasteiger partial charge in [-0.2, -0.15) is 0 Å². The lowest BCUT2D eigenvalue weighted by Crippen LogP contribution is -2.47. The van der Waals surface area contributed by atoms with Crippen molar-refractivity contribution in [2.75, 3.05) is 6.61 Å². The molecule has 4 amide bonds. The maximum atomic E-state index is 12.7. The maximum Gasteiger partial charge on any atom is 0.329 e. The Labute approximate surface area is 195 Å². The summed E-state index contributed by atoms with van der Waals surface area (Å²) in [6, 6.07) is 11.2. The Hall–Kier alpha value is -3.72. The quantitative estimate of drug-likeness (QED) is 0.346. The highest BCUT2D eigenvalue weighted by atomic mass is 35.5. The van der Waals surface area contributed by atoms with Gasteiger partial charge in [0.15, 0.2) is 6.61 Å². The van der Waals surface area contributed by atoms with Gasteiger partial charge in [0.25, 0.3) is 23.6 Å². The molecule has 2 aromatic rings. The van der Waals surface area contributed by atoms with Gasteiger partial charge >= 0.3 is 5.97 Å². The number of esters is 1. The number of carbonyl (C=O) groups excluding carboxylic acids is 5. The second-order valence-corrected chi connectivity index (χ2v) is 7.74. The van der Waals surface area contributed by atoms with Crippen molar-refractivity contribution in [2.45, 2.75) is 32.2 Å². The molecule has 0 bridgehead atoms. The molecule has 1 aliphatic rings. The van der Waals surface area contributed by atoms with Crippen molar-refractivity contribution in [1.29, 1.82) is 0 Å². The number of carbonyl (C=O) groups is 5. The highest BCUT2D eigenvalue weighted by molar-refractivity contribution is 6.30. The number of nitrogens with zero attached hydrogens (tertiary/aromatic N) is 1. The molecule has 2 aromatic carbocycles. The van der Waals surface area contributed by atoms with Crippen molar-refractivity contribution in [3.8, 4) is 0 Å². The third-order valence-corrected chi connectivity index (χ3v) is 5.26. The van der Waals surface area contributed by atoms with Gasteiger partial charge < -0.3 is 4.74 Å². The van der Waals surface area contributed by atoms with Crippen molar-refractivity contribution in [2.24, 2.45) is 0 Å². The van der Waals surface area contributed by atoms with E-state index in [1.165, 1.54) is 36.4 Å². The van der Waals surface area contributed by atoms with Crippen LogP contribution < -0.4 is 10.9 Å². The molecule has 2 N–H and O–H groups in total. The van der Waals surface area contributed by atoms with Crippen LogP contribution in [0.15, 0.2) is 48.5 Å². The van der Waals surface area contributed by atoms with Gasteiger partial charge in [-0.3, -0.25) is 34.9 Å². The monoisotopic (exact) mass is 471 g/mol. The van der Waals surface area contributed by atoms with Crippen LogP contribution in [0.5, 0.6) is 0 Å². The zero-order valence-electron chi connectivity index (χ0n) is 17.8. The number of fused-ring (bicyclic) bond motifs is 1. The van der Waals surface area contributed by atoms with Crippen molar-refractivity contribution in [3.63, 3.8) is 0 Å². The molecule has 10 heteroatoms. The second-order valence-electron chi connectivity index (χ2n) is 7.30. The van der Waals surface area contributed by atoms with Crippen LogP contribution in [0, 0.1) is 0 Å². The van der Waals surface area contributed by atoms with E-state index in [1.54, 1.807) is 12.1 Å². The fourth-order valence-electron chi connectivity index (χ4n) is 3.31. The number of hydrazine groups is 1. The summed E-state index contributed by atoms with van der Waals surface area (Å²) < 4.78 is 5.06. The summed E-state index contributed by atoms with van der Waals surface area (Å²) in [7, 11) is 0. The molecule has 0 fully saturated rings. The zero-order valence-corrected chi connectivity index (χ0v) is 18.6. The van der Waals surface area contributed by atoms with Crippen LogP contribution in [0.1, 0.15) is 57.3 Å². The molecule has 1 heterocycles. The Kier molecular flexibility index (Phi) is 7.78. The predicted octanol–water partition coefficient (Wildman–Crippen LogP) is 2.50. The predicted molar refractivity (Wildman–Crippen MR) is 118 cm³/mol. The van der Waals surface area contributed by atoms with E-state index in [4.69, 9.17) is 16.3 Å². The van der Waals surface area contributed by atoms with Crippen LogP contribution in [0.2, 0.25) is 5.02 Å². The second kappa shape index (κ2) is 10.7. The number of unbranched alkanes of at least 4 members (excludes halogenated alkanes) is 1. The molecule has 0 spiro atoms. The first-order valence-electron chi connectivity index (χ1n) is 10.3. The van der Waals surface area contributed by atoms with Crippen LogP contribution >= 0.6 is 11.6 Å². The largest absolute Gasteiger partial charge is 0.454 e. The number of halogens is 1. The van der Waals surface area contributed by atoms with Gasteiger partial charge in [0.05, 0.1) is 11.1 Å². The molecule has 33 heavy (non-hydrogen) atoms. The fraction of sp³-hybridized carbons (Fsp3) is 0.261. The van der Waals surface area contributed by atoms with Crippen LogP contribution in [-0.2, 0) is 14.3 Å². The van der Waals surface area contributed by atoms with Crippen LogP contribution in [-0.4, -0.2) is 47.1 Å². The molecule has 0 aromatic heterocycles. The van der Waals surface area contributed by atoms with Crippen molar-refractivity contribution < 1.29 is 28.7 Å². The minimum atomic E-state index is -1.16. The lowest BCUT2D eigenvalue weighted by atomic mass is 10.1. The summed E-state index contributed by atoms with van der Waals surface area (Å²) in [5.74, 6) is -3.40. The van der Waals surface area contributed by atoms with Crippen LogP contribution in [0.25, 0.3) is 0 Å². The van der Waals surface area contributed by atoms with E-state index in [-0.39, 0.29) is 23.1 Å². The normalized spacial score (nSPS) is 13.3. The Bertz CT molecular complexity index is 1050. The van der Waals surface area contributed by atoms with E-state index in [2.05, 4.69) is 10.9 Å². The number of hydrogen-bond acceptors (Lipinski definition) is 6. The topological polar surface area (TPSA) is 122 Å². The molecule has 0 radical (unpaired) electrons. The van der Waals surface area contributed by atoms with Gasteiger partial charge in [0, 0.05) is 10.6 Å². The van der Waals surface area contributed by atoms with E-state index in [9.17, 15) is 24.0 Å². The number of nitrogens with one attached hydrogen (secondary N) is 2. The van der Waals surface area contributed by atoms with Crippen molar-refractivity contribution >= 4 is 41.2 Å². The summed E-state index contributed by atoms with van der Waals surface area (Å²) in [6.07, 6.45) is 1.50. The van der Waals surface area contributed by atoms with Crippen LogP contribution in [0.3, 0.4) is 0 Å². The SMILES string of the molecule is CCCC[C@@H](C(=O)OCC(=O)NNC(=O)c1ccc(Cl)cc1)N1C(=O)c2ccccc2C1=O. The smallest absolute Gasteiger partial charge is 0.329 e. The van der Waals surface area contributed by atoms with E-state index < -0.39 is 42.2 Å². The van der Waals surface area contributed by atoms with Gasteiger partial charge in [-0.1, -0.05) is 43.5 Å². The first-order valence-corrected chi connectivity index (χ1v) is 10.7. The number of benzene rings is 2. The molecule has 0 aliphatic carbocycles. The summed E-state index contributed by atoms with van der Waals surface area (Å²) in [6.45, 7) is 1.20. The molecule has 1 atom stereocenters. The standard InChI is InChI=1S/C23H22ClN3O6/c1-2-3-8-18(27-21(30)16-6-4-5-7-17(16)22(27)31)23(32)33-13-19(28)25-26-20(29)14-9-11-15(24)12-10-14/h4-7,9-12,18H,2-3,8,13H2,1H3,(H,25,28)(H,26,29)/t18-/m0/s1. The highest BCUT2D eigenvalue weighted by Gasteiger charge is 2.43. The maximum absolute atomic E-state index is 12.7. The molecule has 9 nitrogen and oxygen atoms in total. The third kappa shape index (κ3) is 5.56. The Morgan fingerprint density at radius 2 is 1.58 bits per heavy atom. The van der Waals surface area contributed by atoms with Gasteiger partial charge in [-0.15, -0.1) is 0 Å².